The summed E-state index contributed by atoms with van der Waals surface area (Å²) in [7, 11) is -1.97. The molecule has 2 aliphatic heterocycles. The molecule has 0 bridgehead atoms. The van der Waals surface area contributed by atoms with E-state index in [9.17, 15) is 32.7 Å². The lowest BCUT2D eigenvalue weighted by Crippen LogP contribution is -2.57. The molecule has 2 saturated heterocycles. The number of carbonyl (C=O) groups is 4. The Balaban J connectivity index is 0.764. The normalized spacial score (nSPS) is 16.5. The van der Waals surface area contributed by atoms with Crippen LogP contribution >= 0.6 is 11.3 Å². The summed E-state index contributed by atoms with van der Waals surface area (Å²) in [4.78, 5) is 77.8. The Bertz CT molecular complexity index is 3260. The van der Waals surface area contributed by atoms with E-state index < -0.39 is 68.7 Å². The van der Waals surface area contributed by atoms with Crippen LogP contribution in [0.2, 0.25) is 0 Å². The Labute approximate surface area is 468 Å². The molecule has 2 aliphatic rings. The fraction of sp³-hybridized carbons (Fsp3) is 0.464. The zero-order valence-electron chi connectivity index (χ0n) is 45.8. The standard InChI is InChI=1S/C56H69F2N11O9S2/c1-7-26-80(75,76)65-43-13-12-42(57)51(49(43)58)68-32-41(38-29-59-33-60-30-38)50-44(68)14-15-46(63-50)66(6)39-16-20-67(21-17-39)48(72)19-23-78-25-24-77-22-18-47(71)64-53(56(3,4)5)55(74)69-31-40(70)27-45(69)54(73)61-28-36-8-10-37(11-9-36)52-35(2)62-34-79-52/h8-15,29-30,32-34,39-40,45,53,65,70H,7,16-28,31H2,1-6H3,(H,61,73)(H,64,71). The number of hydrogen-bond acceptors (Lipinski definition) is 15. The van der Waals surface area contributed by atoms with Crippen LogP contribution in [0.4, 0.5) is 20.3 Å². The molecular weight excluding hydrogens is 1070 g/mol. The zero-order valence-corrected chi connectivity index (χ0v) is 47.4. The zero-order chi connectivity index (χ0) is 57.3. The lowest BCUT2D eigenvalue weighted by Gasteiger charge is -2.37. The summed E-state index contributed by atoms with van der Waals surface area (Å²) in [5, 5.41) is 16.4. The number of nitrogens with one attached hydrogen (secondary N) is 3. The second kappa shape index (κ2) is 26.1. The number of fused-ring (bicyclic) bond motifs is 1. The number of carbonyl (C=O) groups excluding carboxylic acids is 4. The number of piperidine rings is 1. The number of nitrogens with zero attached hydrogens (tertiary/aromatic N) is 8. The number of aliphatic hydroxyl groups is 1. The lowest BCUT2D eigenvalue weighted by molar-refractivity contribution is -0.144. The number of rotatable bonds is 23. The van der Waals surface area contributed by atoms with Crippen LogP contribution in [0.3, 0.4) is 0 Å². The van der Waals surface area contributed by atoms with E-state index in [4.69, 9.17) is 14.5 Å². The first-order chi connectivity index (χ1) is 38.2. The molecule has 4 N–H and O–H groups in total. The highest BCUT2D eigenvalue weighted by Gasteiger charge is 2.44. The van der Waals surface area contributed by atoms with Gasteiger partial charge < -0.3 is 44.5 Å². The SMILES string of the molecule is CCCS(=O)(=O)Nc1ccc(F)c(-n2cc(-c3cncnc3)c3nc(N(C)C4CCN(C(=O)CCOCCOCCC(=O)NC(C(=O)N5CC(O)CC5C(=O)NCc5ccc(-c6scnc6C)cc5)C(C)(C)C)CC4)ccc32)c1F. The molecule has 20 nitrogen and oxygen atoms in total. The van der Waals surface area contributed by atoms with Crippen LogP contribution in [0.5, 0.6) is 0 Å². The molecule has 4 aromatic heterocycles. The number of likely N-dealkylation sites (tertiary alicyclic amines) is 2. The predicted octanol–water partition coefficient (Wildman–Crippen LogP) is 6.39. The molecule has 80 heavy (non-hydrogen) atoms. The van der Waals surface area contributed by atoms with E-state index in [1.165, 1.54) is 22.0 Å². The minimum Gasteiger partial charge on any atom is -0.391 e. The number of aliphatic hydroxyl groups excluding tert-OH is 1. The minimum absolute atomic E-state index is 0.0118. The number of hydrogen-bond donors (Lipinski definition) is 4. The molecule has 428 valence electrons. The highest BCUT2D eigenvalue weighted by atomic mass is 32.2. The van der Waals surface area contributed by atoms with Gasteiger partial charge in [0.25, 0.3) is 0 Å². The van der Waals surface area contributed by atoms with Gasteiger partial charge in [0, 0.05) is 81.8 Å². The first-order valence-corrected chi connectivity index (χ1v) is 29.2. The first kappa shape index (κ1) is 59.1. The second-order valence-corrected chi connectivity index (χ2v) is 23.8. The van der Waals surface area contributed by atoms with Crippen LogP contribution in [0, 0.1) is 24.0 Å². The van der Waals surface area contributed by atoms with Crippen molar-refractivity contribution in [2.24, 2.45) is 5.41 Å². The monoisotopic (exact) mass is 1140 g/mol. The smallest absolute Gasteiger partial charge is 0.246 e. The maximum absolute atomic E-state index is 16.1. The van der Waals surface area contributed by atoms with Gasteiger partial charge in [-0.2, -0.15) is 0 Å². The summed E-state index contributed by atoms with van der Waals surface area (Å²) in [6.07, 6.45) is 6.94. The number of thiazole rings is 1. The van der Waals surface area contributed by atoms with Gasteiger partial charge in [0.1, 0.15) is 35.7 Å². The Morgan fingerprint density at radius 2 is 1.64 bits per heavy atom. The van der Waals surface area contributed by atoms with E-state index in [0.717, 1.165) is 33.8 Å². The third-order valence-corrected chi connectivity index (χ3v) is 16.7. The third-order valence-electron chi connectivity index (χ3n) is 14.3. The van der Waals surface area contributed by atoms with Gasteiger partial charge in [-0.1, -0.05) is 52.0 Å². The molecule has 6 aromatic rings. The van der Waals surface area contributed by atoms with E-state index in [2.05, 4.69) is 30.3 Å². The topological polar surface area (TPSA) is 243 Å². The Hall–Kier alpha value is -6.99. The summed E-state index contributed by atoms with van der Waals surface area (Å²) < 4.78 is 71.7. The average Bonchev–Trinajstić information content (AvgIpc) is 4.23. The largest absolute Gasteiger partial charge is 0.391 e. The molecule has 3 unspecified atom stereocenters. The first-order valence-electron chi connectivity index (χ1n) is 26.7. The highest BCUT2D eigenvalue weighted by molar-refractivity contribution is 7.92. The van der Waals surface area contributed by atoms with Crippen LogP contribution in [0.1, 0.15) is 77.5 Å². The molecular formula is C56H69F2N11O9S2. The number of amides is 4. The number of aryl methyl sites for hydroxylation is 1. The maximum atomic E-state index is 16.1. The van der Waals surface area contributed by atoms with E-state index >= 15 is 8.78 Å². The molecule has 2 fully saturated rings. The molecule has 0 saturated carbocycles. The van der Waals surface area contributed by atoms with Crippen molar-refractivity contribution in [1.29, 1.82) is 0 Å². The van der Waals surface area contributed by atoms with Crippen molar-refractivity contribution in [3.63, 3.8) is 0 Å². The number of aromatic nitrogens is 5. The van der Waals surface area contributed by atoms with Crippen molar-refractivity contribution < 1.29 is 51.0 Å². The van der Waals surface area contributed by atoms with Crippen LogP contribution in [-0.4, -0.2) is 155 Å². The Kier molecular flexibility index (Phi) is 19.3. The van der Waals surface area contributed by atoms with Gasteiger partial charge >= 0.3 is 0 Å². The van der Waals surface area contributed by atoms with Gasteiger partial charge in [0.05, 0.1) is 77.5 Å². The van der Waals surface area contributed by atoms with Crippen molar-refractivity contribution in [3.05, 3.63) is 102 Å². The summed E-state index contributed by atoms with van der Waals surface area (Å²) in [5.74, 6) is -2.95. The molecule has 6 heterocycles. The van der Waals surface area contributed by atoms with Gasteiger partial charge in [-0.25, -0.2) is 37.1 Å². The summed E-state index contributed by atoms with van der Waals surface area (Å²) in [5.41, 5.74) is 4.90. The molecule has 4 amide bonds. The van der Waals surface area contributed by atoms with Gasteiger partial charge in [0.2, 0.25) is 33.7 Å². The van der Waals surface area contributed by atoms with Crippen molar-refractivity contribution in [2.45, 2.75) is 104 Å². The summed E-state index contributed by atoms with van der Waals surface area (Å²) >= 11 is 1.56. The molecule has 8 rings (SSSR count). The maximum Gasteiger partial charge on any atom is 0.246 e. The quantitative estimate of drug-likeness (QED) is 0.0508. The number of pyridine rings is 1. The van der Waals surface area contributed by atoms with Crippen molar-refractivity contribution in [2.75, 3.05) is 68.5 Å². The predicted molar refractivity (Wildman–Crippen MR) is 300 cm³/mol. The molecule has 0 radical (unpaired) electrons. The van der Waals surface area contributed by atoms with Crippen molar-refractivity contribution in [1.82, 2.24) is 44.9 Å². The van der Waals surface area contributed by atoms with Gasteiger partial charge in [-0.15, -0.1) is 11.3 Å². The Morgan fingerprint density at radius 1 is 0.938 bits per heavy atom. The molecule has 0 spiro atoms. The van der Waals surface area contributed by atoms with Crippen LogP contribution in [0.25, 0.3) is 38.3 Å². The molecule has 3 atom stereocenters. The van der Waals surface area contributed by atoms with E-state index in [1.807, 2.05) is 63.9 Å². The van der Waals surface area contributed by atoms with Crippen LogP contribution in [0.15, 0.2) is 79.0 Å². The molecule has 2 aromatic carbocycles. The van der Waals surface area contributed by atoms with E-state index in [1.54, 1.807) is 53.2 Å². The number of anilines is 2. The van der Waals surface area contributed by atoms with Crippen LogP contribution < -0.4 is 20.3 Å². The minimum atomic E-state index is -3.88. The Morgan fingerprint density at radius 3 is 2.30 bits per heavy atom. The van der Waals surface area contributed by atoms with Crippen LogP contribution in [-0.2, 0) is 45.2 Å². The number of halogens is 2. The number of ether oxygens (including phenoxy) is 2. The number of β-amino-alcohol motifs (C(OH)–C–C–N with tert-alkyl or cyclic N) is 1. The molecule has 0 aliphatic carbocycles. The third kappa shape index (κ3) is 14.3. The second-order valence-electron chi connectivity index (χ2n) is 21.1. The number of sulfonamides is 1. The van der Waals surface area contributed by atoms with Gasteiger partial charge in [0.15, 0.2) is 5.82 Å². The van der Waals surface area contributed by atoms with Gasteiger partial charge in [-0.05, 0) is 67.0 Å². The lowest BCUT2D eigenvalue weighted by atomic mass is 9.85. The van der Waals surface area contributed by atoms with E-state index in [0.29, 0.717) is 60.3 Å². The molecule has 24 heteroatoms. The highest BCUT2D eigenvalue weighted by Crippen LogP contribution is 2.37. The fourth-order valence-corrected chi connectivity index (χ4v) is 11.9. The van der Waals surface area contributed by atoms with E-state index in [-0.39, 0.29) is 82.2 Å². The summed E-state index contributed by atoms with van der Waals surface area (Å²) in [6.45, 7) is 10.9. The van der Waals surface area contributed by atoms with Gasteiger partial charge in [-0.3, -0.25) is 23.9 Å². The number of benzene rings is 2. The summed E-state index contributed by atoms with van der Waals surface area (Å²) in [6, 6.07) is 11.5. The fourth-order valence-electron chi connectivity index (χ4n) is 9.96. The van der Waals surface area contributed by atoms with Crippen molar-refractivity contribution in [3.8, 4) is 27.3 Å². The average molecular weight is 1140 g/mol. The van der Waals surface area contributed by atoms with Crippen molar-refractivity contribution >= 4 is 67.5 Å².